The monoisotopic (exact) mass is 408 g/mol. The normalized spacial score (nSPS) is 15.4. The fourth-order valence-corrected chi connectivity index (χ4v) is 4.76. The molecule has 0 unspecified atom stereocenters. The SMILES string of the molecule is O=CCc1cccnc1OCc1cc(S(=O)(=O)N2CCCCC2)ccc1Cl. The van der Waals surface area contributed by atoms with Gasteiger partial charge in [-0.2, -0.15) is 4.31 Å². The molecule has 0 aliphatic carbocycles. The summed E-state index contributed by atoms with van der Waals surface area (Å²) in [6, 6.07) is 8.13. The van der Waals surface area contributed by atoms with E-state index >= 15 is 0 Å². The number of ether oxygens (including phenoxy) is 1. The largest absolute Gasteiger partial charge is 0.473 e. The van der Waals surface area contributed by atoms with Crippen LogP contribution in [0.25, 0.3) is 0 Å². The van der Waals surface area contributed by atoms with Gasteiger partial charge in [-0.15, -0.1) is 0 Å². The van der Waals surface area contributed by atoms with Gasteiger partial charge < -0.3 is 9.53 Å². The maximum Gasteiger partial charge on any atom is 0.243 e. The molecule has 0 atom stereocenters. The van der Waals surface area contributed by atoms with Gasteiger partial charge in [0.25, 0.3) is 0 Å². The maximum atomic E-state index is 12.9. The number of benzene rings is 1. The minimum absolute atomic E-state index is 0.0606. The van der Waals surface area contributed by atoms with Gasteiger partial charge in [0, 0.05) is 41.9 Å². The number of hydrogen-bond acceptors (Lipinski definition) is 5. The molecule has 0 radical (unpaired) electrons. The van der Waals surface area contributed by atoms with E-state index in [9.17, 15) is 13.2 Å². The molecule has 1 fully saturated rings. The van der Waals surface area contributed by atoms with Crippen molar-refractivity contribution in [2.45, 2.75) is 37.2 Å². The molecule has 2 heterocycles. The lowest BCUT2D eigenvalue weighted by atomic mass is 10.2. The molecule has 1 saturated heterocycles. The molecule has 8 heteroatoms. The van der Waals surface area contributed by atoms with E-state index < -0.39 is 10.0 Å². The predicted octanol–water partition coefficient (Wildman–Crippen LogP) is 3.23. The molecule has 144 valence electrons. The molecule has 0 bridgehead atoms. The molecule has 0 spiro atoms. The third kappa shape index (κ3) is 4.66. The van der Waals surface area contributed by atoms with Crippen molar-refractivity contribution < 1.29 is 17.9 Å². The molecular weight excluding hydrogens is 388 g/mol. The van der Waals surface area contributed by atoms with Crippen LogP contribution in [0.15, 0.2) is 41.4 Å². The van der Waals surface area contributed by atoms with E-state index in [2.05, 4.69) is 4.98 Å². The first-order chi connectivity index (χ1) is 13.0. The van der Waals surface area contributed by atoms with E-state index in [1.165, 1.54) is 10.4 Å². The fraction of sp³-hybridized carbons (Fsp3) is 0.368. The summed E-state index contributed by atoms with van der Waals surface area (Å²) in [5.41, 5.74) is 1.22. The number of hydrogen-bond donors (Lipinski definition) is 0. The van der Waals surface area contributed by atoms with E-state index in [4.69, 9.17) is 16.3 Å². The standard InChI is InChI=1S/C19H21ClN2O4S/c20-18-7-6-17(27(24,25)22-10-2-1-3-11-22)13-16(18)14-26-19-15(8-12-23)5-4-9-21-19/h4-7,9,12-13H,1-3,8,10-11,14H2. The second-order valence-electron chi connectivity index (χ2n) is 6.35. The molecule has 1 aromatic carbocycles. The smallest absolute Gasteiger partial charge is 0.243 e. The highest BCUT2D eigenvalue weighted by Crippen LogP contribution is 2.26. The first kappa shape index (κ1) is 19.8. The van der Waals surface area contributed by atoms with E-state index in [0.717, 1.165) is 25.5 Å². The van der Waals surface area contributed by atoms with Crippen molar-refractivity contribution in [2.75, 3.05) is 13.1 Å². The van der Waals surface area contributed by atoms with Gasteiger partial charge in [0.05, 0.1) is 4.90 Å². The summed E-state index contributed by atoms with van der Waals surface area (Å²) in [6.45, 7) is 1.14. The van der Waals surface area contributed by atoms with Gasteiger partial charge >= 0.3 is 0 Å². The molecule has 0 N–H and O–H groups in total. The predicted molar refractivity (Wildman–Crippen MR) is 102 cm³/mol. The highest BCUT2D eigenvalue weighted by atomic mass is 35.5. The summed E-state index contributed by atoms with van der Waals surface area (Å²) in [5, 5.41) is 0.417. The lowest BCUT2D eigenvalue weighted by Gasteiger charge is -2.26. The van der Waals surface area contributed by atoms with Crippen molar-refractivity contribution in [3.8, 4) is 5.88 Å². The minimum Gasteiger partial charge on any atom is -0.473 e. The van der Waals surface area contributed by atoms with Crippen LogP contribution in [0.4, 0.5) is 0 Å². The number of aldehydes is 1. The van der Waals surface area contributed by atoms with E-state index in [-0.39, 0.29) is 17.9 Å². The number of rotatable bonds is 7. The number of piperidine rings is 1. The van der Waals surface area contributed by atoms with E-state index in [1.807, 2.05) is 0 Å². The molecule has 0 amide bonds. The zero-order valence-electron chi connectivity index (χ0n) is 14.8. The average Bonchev–Trinajstić information content (AvgIpc) is 2.69. The summed E-state index contributed by atoms with van der Waals surface area (Å²) in [6.07, 6.45) is 5.36. The Balaban J connectivity index is 1.81. The van der Waals surface area contributed by atoms with Gasteiger partial charge in [-0.05, 0) is 37.1 Å². The van der Waals surface area contributed by atoms with Crippen molar-refractivity contribution in [1.29, 1.82) is 0 Å². The van der Waals surface area contributed by atoms with Crippen LogP contribution in [0.1, 0.15) is 30.4 Å². The van der Waals surface area contributed by atoms with Crippen LogP contribution >= 0.6 is 11.6 Å². The average molecular weight is 409 g/mol. The van der Waals surface area contributed by atoms with Crippen LogP contribution in [0.2, 0.25) is 5.02 Å². The number of pyridine rings is 1. The quantitative estimate of drug-likeness (QED) is 0.657. The molecule has 3 rings (SSSR count). The van der Waals surface area contributed by atoms with Crippen LogP contribution in [-0.2, 0) is 27.8 Å². The number of nitrogens with zero attached hydrogens (tertiary/aromatic N) is 2. The van der Waals surface area contributed by atoms with Crippen molar-refractivity contribution in [3.05, 3.63) is 52.7 Å². The summed E-state index contributed by atoms with van der Waals surface area (Å²) in [7, 11) is -3.54. The van der Waals surface area contributed by atoms with Crippen molar-refractivity contribution in [1.82, 2.24) is 9.29 Å². The van der Waals surface area contributed by atoms with Crippen molar-refractivity contribution >= 4 is 27.9 Å². The molecule has 1 aromatic heterocycles. The second-order valence-corrected chi connectivity index (χ2v) is 8.69. The Morgan fingerprint density at radius 2 is 1.93 bits per heavy atom. The number of carbonyl (C=O) groups is 1. The van der Waals surface area contributed by atoms with Gasteiger partial charge in [0.15, 0.2) is 0 Å². The van der Waals surface area contributed by atoms with E-state index in [0.29, 0.717) is 35.1 Å². The Labute approximate surface area is 164 Å². The van der Waals surface area contributed by atoms with Gasteiger partial charge in [-0.3, -0.25) is 0 Å². The van der Waals surface area contributed by atoms with E-state index in [1.54, 1.807) is 30.5 Å². The first-order valence-electron chi connectivity index (χ1n) is 8.81. The lowest BCUT2D eigenvalue weighted by Crippen LogP contribution is -2.35. The topological polar surface area (TPSA) is 76.6 Å². The first-order valence-corrected chi connectivity index (χ1v) is 10.6. The summed E-state index contributed by atoms with van der Waals surface area (Å²) in [4.78, 5) is 15.1. The second kappa shape index (κ2) is 8.82. The summed E-state index contributed by atoms with van der Waals surface area (Å²) < 4.78 is 32.9. The van der Waals surface area contributed by atoms with Crippen molar-refractivity contribution in [2.24, 2.45) is 0 Å². The number of aromatic nitrogens is 1. The number of carbonyl (C=O) groups excluding carboxylic acids is 1. The molecule has 27 heavy (non-hydrogen) atoms. The van der Waals surface area contributed by atoms with Crippen LogP contribution in [0, 0.1) is 0 Å². The Morgan fingerprint density at radius 1 is 1.15 bits per heavy atom. The Kier molecular flexibility index (Phi) is 6.46. The van der Waals surface area contributed by atoms with Gasteiger partial charge in [0.2, 0.25) is 15.9 Å². The molecule has 1 aliphatic rings. The third-order valence-corrected chi connectivity index (χ3v) is 6.75. The Hall–Kier alpha value is -1.96. The van der Waals surface area contributed by atoms with Gasteiger partial charge in [0.1, 0.15) is 12.9 Å². The van der Waals surface area contributed by atoms with Crippen LogP contribution < -0.4 is 4.74 Å². The summed E-state index contributed by atoms with van der Waals surface area (Å²) >= 11 is 6.23. The van der Waals surface area contributed by atoms with Gasteiger partial charge in [-0.1, -0.05) is 24.1 Å². The highest BCUT2D eigenvalue weighted by molar-refractivity contribution is 7.89. The highest BCUT2D eigenvalue weighted by Gasteiger charge is 2.26. The fourth-order valence-electron chi connectivity index (χ4n) is 3.02. The van der Waals surface area contributed by atoms with Crippen molar-refractivity contribution in [3.63, 3.8) is 0 Å². The van der Waals surface area contributed by atoms with Crippen LogP contribution in [0.5, 0.6) is 5.88 Å². The zero-order chi connectivity index (χ0) is 19.3. The zero-order valence-corrected chi connectivity index (χ0v) is 16.4. The molecule has 1 aliphatic heterocycles. The van der Waals surface area contributed by atoms with Gasteiger partial charge in [-0.25, -0.2) is 13.4 Å². The third-order valence-electron chi connectivity index (χ3n) is 4.49. The molecule has 0 saturated carbocycles. The van der Waals surface area contributed by atoms with Crippen LogP contribution in [0.3, 0.4) is 0 Å². The Bertz CT molecular complexity index is 912. The molecule has 2 aromatic rings. The Morgan fingerprint density at radius 3 is 2.67 bits per heavy atom. The lowest BCUT2D eigenvalue weighted by molar-refractivity contribution is -0.107. The maximum absolute atomic E-state index is 12.9. The van der Waals surface area contributed by atoms with Crippen LogP contribution in [-0.4, -0.2) is 37.1 Å². The number of halogens is 1. The number of sulfonamides is 1. The molecule has 6 nitrogen and oxygen atoms in total. The summed E-state index contributed by atoms with van der Waals surface area (Å²) in [5.74, 6) is 0.338. The molecular formula is C19H21ClN2O4S. The minimum atomic E-state index is -3.54.